The first-order valence-corrected chi connectivity index (χ1v) is 11.0. The minimum absolute atomic E-state index is 0.0390. The molecule has 0 fully saturated rings. The van der Waals surface area contributed by atoms with Crippen LogP contribution in [0.4, 0.5) is 10.1 Å². The Hall–Kier alpha value is -3.36. The fraction of sp³-hybridized carbons (Fsp3) is 0.0870. The van der Waals surface area contributed by atoms with Crippen LogP contribution in [0.25, 0.3) is 5.69 Å². The van der Waals surface area contributed by atoms with E-state index in [4.69, 9.17) is 16.3 Å². The molecule has 1 heterocycles. The van der Waals surface area contributed by atoms with Gasteiger partial charge in [0.25, 0.3) is 0 Å². The van der Waals surface area contributed by atoms with Crippen LogP contribution in [0.15, 0.2) is 84.0 Å². The summed E-state index contributed by atoms with van der Waals surface area (Å²) in [5.41, 5.74) is 0.976. The van der Waals surface area contributed by atoms with E-state index in [2.05, 4.69) is 15.5 Å². The topological polar surface area (TPSA) is 69.0 Å². The lowest BCUT2D eigenvalue weighted by atomic mass is 10.3. The lowest BCUT2D eigenvalue weighted by molar-refractivity contribution is -0.113. The molecule has 0 saturated carbocycles. The Morgan fingerprint density at radius 3 is 2.47 bits per heavy atom. The van der Waals surface area contributed by atoms with E-state index in [1.807, 2.05) is 34.9 Å². The molecule has 0 aliphatic heterocycles. The number of hydrogen-bond acceptors (Lipinski definition) is 5. The van der Waals surface area contributed by atoms with E-state index in [9.17, 15) is 9.18 Å². The van der Waals surface area contributed by atoms with Crippen molar-refractivity contribution in [1.82, 2.24) is 14.8 Å². The van der Waals surface area contributed by atoms with E-state index in [0.717, 1.165) is 5.69 Å². The van der Waals surface area contributed by atoms with Crippen LogP contribution in [-0.2, 0) is 11.4 Å². The van der Waals surface area contributed by atoms with E-state index >= 15 is 0 Å². The van der Waals surface area contributed by atoms with Crippen molar-refractivity contribution < 1.29 is 13.9 Å². The Balaban J connectivity index is 1.49. The molecule has 1 aromatic heterocycles. The van der Waals surface area contributed by atoms with Crippen LogP contribution < -0.4 is 10.1 Å². The molecular formula is C23H18ClFN4O2S. The fourth-order valence-corrected chi connectivity index (χ4v) is 3.78. The van der Waals surface area contributed by atoms with E-state index < -0.39 is 5.82 Å². The highest BCUT2D eigenvalue weighted by atomic mass is 35.5. The number of aromatic nitrogens is 3. The summed E-state index contributed by atoms with van der Waals surface area (Å²) in [4.78, 5) is 12.3. The molecule has 3 aromatic carbocycles. The molecule has 4 aromatic rings. The van der Waals surface area contributed by atoms with Crippen LogP contribution in [-0.4, -0.2) is 26.4 Å². The predicted octanol–water partition coefficient (Wildman–Crippen LogP) is 5.37. The van der Waals surface area contributed by atoms with Gasteiger partial charge in [0.1, 0.15) is 18.2 Å². The van der Waals surface area contributed by atoms with Gasteiger partial charge in [0.05, 0.1) is 11.4 Å². The first-order chi connectivity index (χ1) is 15.6. The van der Waals surface area contributed by atoms with Crippen molar-refractivity contribution >= 4 is 35.0 Å². The molecule has 0 bridgehead atoms. The van der Waals surface area contributed by atoms with Crippen LogP contribution in [0, 0.1) is 5.82 Å². The zero-order valence-electron chi connectivity index (χ0n) is 16.7. The van der Waals surface area contributed by atoms with Crippen LogP contribution in [0.3, 0.4) is 0 Å². The molecule has 9 heteroatoms. The van der Waals surface area contributed by atoms with Gasteiger partial charge in [-0.1, -0.05) is 53.7 Å². The third-order valence-corrected chi connectivity index (χ3v) is 5.56. The van der Waals surface area contributed by atoms with Crippen LogP contribution in [0.2, 0.25) is 5.02 Å². The van der Waals surface area contributed by atoms with Crippen molar-refractivity contribution in [2.45, 2.75) is 11.8 Å². The normalized spacial score (nSPS) is 10.7. The highest BCUT2D eigenvalue weighted by Crippen LogP contribution is 2.24. The minimum Gasteiger partial charge on any atom is -0.486 e. The molecule has 6 nitrogen and oxygen atoms in total. The maximum Gasteiger partial charge on any atom is 0.234 e. The van der Waals surface area contributed by atoms with E-state index in [0.29, 0.717) is 21.8 Å². The zero-order valence-corrected chi connectivity index (χ0v) is 18.3. The van der Waals surface area contributed by atoms with E-state index in [1.165, 1.54) is 23.9 Å². The molecule has 0 atom stereocenters. The number of anilines is 1. The van der Waals surface area contributed by atoms with Gasteiger partial charge in [0.15, 0.2) is 11.0 Å². The number of nitrogens with zero attached hydrogens (tertiary/aromatic N) is 3. The summed E-state index contributed by atoms with van der Waals surface area (Å²) in [5, 5.41) is 12.2. The van der Waals surface area contributed by atoms with Crippen molar-refractivity contribution in [3.8, 4) is 11.4 Å². The molecule has 0 unspecified atom stereocenters. The molecule has 32 heavy (non-hydrogen) atoms. The van der Waals surface area contributed by atoms with Crippen LogP contribution >= 0.6 is 23.4 Å². The Morgan fingerprint density at radius 2 is 1.72 bits per heavy atom. The molecule has 0 aliphatic rings. The molecular weight excluding hydrogens is 451 g/mol. The second-order valence-electron chi connectivity index (χ2n) is 6.63. The number of thioether (sulfide) groups is 1. The third kappa shape index (κ3) is 5.46. The number of amides is 1. The highest BCUT2D eigenvalue weighted by molar-refractivity contribution is 7.99. The number of hydrogen-bond donors (Lipinski definition) is 1. The number of carbonyl (C=O) groups is 1. The van der Waals surface area contributed by atoms with E-state index in [-0.39, 0.29) is 24.0 Å². The first-order valence-electron chi connectivity index (χ1n) is 9.65. The molecule has 0 aliphatic carbocycles. The highest BCUT2D eigenvalue weighted by Gasteiger charge is 2.17. The molecule has 1 amide bonds. The van der Waals surface area contributed by atoms with Gasteiger partial charge in [-0.2, -0.15) is 0 Å². The van der Waals surface area contributed by atoms with Gasteiger partial charge < -0.3 is 10.1 Å². The number of benzene rings is 3. The smallest absolute Gasteiger partial charge is 0.234 e. The summed E-state index contributed by atoms with van der Waals surface area (Å²) in [5.74, 6) is 0.428. The maximum atomic E-state index is 13.8. The Morgan fingerprint density at radius 1 is 1.00 bits per heavy atom. The van der Waals surface area contributed by atoms with Gasteiger partial charge in [0.2, 0.25) is 5.91 Å². The molecule has 0 radical (unpaired) electrons. The SMILES string of the molecule is O=C(CSc1nnc(COc2ccc(Cl)cc2)n1-c1ccccc1)Nc1ccccc1F. The van der Waals surface area contributed by atoms with Crippen LogP contribution in [0.1, 0.15) is 5.82 Å². The summed E-state index contributed by atoms with van der Waals surface area (Å²) < 4.78 is 21.4. The Labute approximate surface area is 193 Å². The summed E-state index contributed by atoms with van der Waals surface area (Å²) in [6, 6.07) is 22.6. The number of rotatable bonds is 8. The largest absolute Gasteiger partial charge is 0.486 e. The van der Waals surface area contributed by atoms with Crippen molar-refractivity contribution in [2.75, 3.05) is 11.1 Å². The average Bonchev–Trinajstić information content (AvgIpc) is 3.22. The lowest BCUT2D eigenvalue weighted by Gasteiger charge is -2.11. The summed E-state index contributed by atoms with van der Waals surface area (Å²) >= 11 is 7.12. The van der Waals surface area contributed by atoms with Crippen molar-refractivity contribution in [3.05, 3.63) is 95.5 Å². The predicted molar refractivity (Wildman–Crippen MR) is 123 cm³/mol. The lowest BCUT2D eigenvalue weighted by Crippen LogP contribution is -2.15. The van der Waals surface area contributed by atoms with Gasteiger partial charge >= 0.3 is 0 Å². The van der Waals surface area contributed by atoms with Gasteiger partial charge in [-0.25, -0.2) is 4.39 Å². The molecule has 162 valence electrons. The third-order valence-electron chi connectivity index (χ3n) is 4.38. The van der Waals surface area contributed by atoms with Crippen molar-refractivity contribution in [1.29, 1.82) is 0 Å². The Kier molecular flexibility index (Phi) is 7.03. The van der Waals surface area contributed by atoms with Crippen molar-refractivity contribution in [2.24, 2.45) is 0 Å². The molecule has 0 spiro atoms. The zero-order chi connectivity index (χ0) is 22.3. The second kappa shape index (κ2) is 10.3. The number of carbonyl (C=O) groups excluding carboxylic acids is 1. The van der Waals surface area contributed by atoms with Crippen molar-refractivity contribution in [3.63, 3.8) is 0 Å². The first kappa shape index (κ1) is 21.9. The molecule has 4 rings (SSSR count). The molecule has 0 saturated heterocycles. The number of para-hydroxylation sites is 2. The van der Waals surface area contributed by atoms with Gasteiger partial charge in [0, 0.05) is 10.7 Å². The number of ether oxygens (including phenoxy) is 1. The van der Waals surface area contributed by atoms with Gasteiger partial charge in [-0.15, -0.1) is 10.2 Å². The summed E-state index contributed by atoms with van der Waals surface area (Å²) in [6.07, 6.45) is 0. The number of halogens is 2. The fourth-order valence-electron chi connectivity index (χ4n) is 2.88. The second-order valence-corrected chi connectivity index (χ2v) is 8.01. The number of nitrogens with one attached hydrogen (secondary N) is 1. The quantitative estimate of drug-likeness (QED) is 0.352. The van der Waals surface area contributed by atoms with Gasteiger partial charge in [-0.3, -0.25) is 9.36 Å². The summed E-state index contributed by atoms with van der Waals surface area (Å²) in [7, 11) is 0. The average molecular weight is 469 g/mol. The van der Waals surface area contributed by atoms with Crippen LogP contribution in [0.5, 0.6) is 5.75 Å². The maximum absolute atomic E-state index is 13.8. The van der Waals surface area contributed by atoms with E-state index in [1.54, 1.807) is 36.4 Å². The summed E-state index contributed by atoms with van der Waals surface area (Å²) in [6.45, 7) is 0.172. The standard InChI is InChI=1S/C23H18ClFN4O2S/c24-16-10-12-18(13-11-16)31-14-21-27-28-23(29(21)17-6-2-1-3-7-17)32-15-22(30)26-20-9-5-4-8-19(20)25/h1-13H,14-15H2,(H,26,30). The molecule has 1 N–H and O–H groups in total. The Bertz CT molecular complexity index is 1200. The monoisotopic (exact) mass is 468 g/mol. The minimum atomic E-state index is -0.486. The van der Waals surface area contributed by atoms with Gasteiger partial charge in [-0.05, 0) is 48.5 Å².